The molecule has 0 heterocycles. The average Bonchev–Trinajstić information content (AvgIpc) is 2.39. The molecule has 2 nitrogen and oxygen atoms in total. The molecule has 0 aliphatic rings. The first-order valence-electron chi connectivity index (χ1n) is 6.57. The molecule has 0 aliphatic heterocycles. The van der Waals surface area contributed by atoms with Crippen LogP contribution in [0.1, 0.15) is 18.1 Å². The Morgan fingerprint density at radius 2 is 1.86 bits per heavy atom. The predicted octanol–water partition coefficient (Wildman–Crippen LogP) is 5.22. The lowest BCUT2D eigenvalue weighted by atomic mass is 10.1. The quantitative estimate of drug-likeness (QED) is 0.761. The van der Waals surface area contributed by atoms with Gasteiger partial charge in [-0.05, 0) is 49.2 Å². The fraction of sp³-hybridized carbons (Fsp3) is 0.250. The second kappa shape index (κ2) is 7.50. The Bertz CT molecular complexity index is 611. The Labute approximate surface area is 143 Å². The molecule has 0 radical (unpaired) electrons. The lowest BCUT2D eigenvalue weighted by Gasteiger charge is -2.15. The Hall–Kier alpha value is -0.740. The summed E-state index contributed by atoms with van der Waals surface area (Å²) in [6.07, 6.45) is 0.741. The molecule has 1 unspecified atom stereocenters. The van der Waals surface area contributed by atoms with Crippen LogP contribution in [0.3, 0.4) is 0 Å². The van der Waals surface area contributed by atoms with Gasteiger partial charge in [-0.25, -0.2) is 0 Å². The van der Waals surface area contributed by atoms with Crippen molar-refractivity contribution >= 4 is 39.1 Å². The van der Waals surface area contributed by atoms with E-state index in [9.17, 15) is 0 Å². The van der Waals surface area contributed by atoms with Gasteiger partial charge in [-0.2, -0.15) is 0 Å². The minimum atomic E-state index is 0.0607. The molecular formula is C16H16BrCl2NO. The van der Waals surface area contributed by atoms with Crippen LogP contribution in [0, 0.1) is 0 Å². The monoisotopic (exact) mass is 387 g/mol. The van der Waals surface area contributed by atoms with Gasteiger partial charge in [0.2, 0.25) is 0 Å². The molecule has 2 rings (SSSR count). The molecule has 0 saturated heterocycles. The van der Waals surface area contributed by atoms with Gasteiger partial charge in [0.05, 0.1) is 0 Å². The summed E-state index contributed by atoms with van der Waals surface area (Å²) in [6.45, 7) is 2.29. The zero-order valence-electron chi connectivity index (χ0n) is 11.6. The highest BCUT2D eigenvalue weighted by Gasteiger charge is 2.10. The normalized spacial score (nSPS) is 12.2. The Morgan fingerprint density at radius 3 is 2.48 bits per heavy atom. The van der Waals surface area contributed by atoms with Crippen molar-refractivity contribution in [1.82, 2.24) is 0 Å². The molecule has 0 aliphatic carbocycles. The highest BCUT2D eigenvalue weighted by Crippen LogP contribution is 2.29. The van der Waals surface area contributed by atoms with Crippen LogP contribution in [0.4, 0.5) is 0 Å². The molecule has 2 aromatic rings. The topological polar surface area (TPSA) is 35.2 Å². The lowest BCUT2D eigenvalue weighted by Crippen LogP contribution is -2.18. The maximum Gasteiger partial charge on any atom is 0.123 e. The van der Waals surface area contributed by atoms with Crippen molar-refractivity contribution in [1.29, 1.82) is 0 Å². The average molecular weight is 389 g/mol. The maximum absolute atomic E-state index is 6.15. The predicted molar refractivity (Wildman–Crippen MR) is 92.3 cm³/mol. The van der Waals surface area contributed by atoms with Crippen molar-refractivity contribution in [2.75, 3.05) is 0 Å². The molecule has 5 heteroatoms. The van der Waals surface area contributed by atoms with Crippen molar-refractivity contribution in [3.63, 3.8) is 0 Å². The summed E-state index contributed by atoms with van der Waals surface area (Å²) >= 11 is 15.8. The van der Waals surface area contributed by atoms with Gasteiger partial charge < -0.3 is 10.5 Å². The smallest absolute Gasteiger partial charge is 0.123 e. The molecule has 1 atom stereocenters. The van der Waals surface area contributed by atoms with E-state index in [4.69, 9.17) is 33.7 Å². The molecule has 0 amide bonds. The van der Waals surface area contributed by atoms with Crippen LogP contribution in [0.5, 0.6) is 5.75 Å². The number of hydrogen-bond donors (Lipinski definition) is 1. The molecule has 0 fully saturated rings. The summed E-state index contributed by atoms with van der Waals surface area (Å²) in [5, 5.41) is 1.21. The third-order valence-electron chi connectivity index (χ3n) is 3.00. The van der Waals surface area contributed by atoms with E-state index in [2.05, 4.69) is 15.9 Å². The minimum Gasteiger partial charge on any atom is -0.489 e. The summed E-state index contributed by atoms with van der Waals surface area (Å²) in [5.41, 5.74) is 7.73. The van der Waals surface area contributed by atoms with E-state index in [0.29, 0.717) is 16.7 Å². The van der Waals surface area contributed by atoms with Crippen molar-refractivity contribution in [2.24, 2.45) is 5.73 Å². The van der Waals surface area contributed by atoms with Crippen molar-refractivity contribution in [2.45, 2.75) is 26.0 Å². The Morgan fingerprint density at radius 1 is 1.19 bits per heavy atom. The summed E-state index contributed by atoms with van der Waals surface area (Å²) in [4.78, 5) is 0. The first-order chi connectivity index (χ1) is 9.97. The number of ether oxygens (including phenoxy) is 1. The van der Waals surface area contributed by atoms with Crippen LogP contribution in [0.25, 0.3) is 0 Å². The van der Waals surface area contributed by atoms with Gasteiger partial charge >= 0.3 is 0 Å². The number of benzene rings is 2. The highest BCUT2D eigenvalue weighted by atomic mass is 79.9. The number of nitrogens with two attached hydrogens (primary N) is 1. The Balaban J connectivity index is 2.20. The first-order valence-corrected chi connectivity index (χ1v) is 8.12. The summed E-state index contributed by atoms with van der Waals surface area (Å²) in [5.74, 6) is 0.798. The van der Waals surface area contributed by atoms with Crippen molar-refractivity contribution in [3.8, 4) is 5.75 Å². The molecule has 0 aromatic heterocycles. The van der Waals surface area contributed by atoms with E-state index in [1.54, 1.807) is 12.1 Å². The minimum absolute atomic E-state index is 0.0607. The fourth-order valence-corrected chi connectivity index (χ4v) is 2.93. The van der Waals surface area contributed by atoms with Gasteiger partial charge in [-0.3, -0.25) is 0 Å². The lowest BCUT2D eigenvalue weighted by molar-refractivity contribution is 0.302. The van der Waals surface area contributed by atoms with Gasteiger partial charge in [0.15, 0.2) is 0 Å². The van der Waals surface area contributed by atoms with Crippen LogP contribution in [0.15, 0.2) is 40.9 Å². The zero-order chi connectivity index (χ0) is 15.4. The number of rotatable bonds is 5. The first kappa shape index (κ1) is 16.6. The molecule has 2 aromatic carbocycles. The SMILES string of the molecule is CC(N)Cc1cc(Br)ccc1OCc1c(Cl)cccc1Cl. The standard InChI is InChI=1S/C16H16BrCl2NO/c1-10(20)7-11-8-12(17)5-6-16(11)21-9-13-14(18)3-2-4-15(13)19/h2-6,8,10H,7,9,20H2,1H3. The van der Waals surface area contributed by atoms with Crippen LogP contribution >= 0.6 is 39.1 Å². The van der Waals surface area contributed by atoms with Gasteiger partial charge in [0.1, 0.15) is 12.4 Å². The summed E-state index contributed by atoms with van der Waals surface area (Å²) in [6, 6.07) is 11.4. The van der Waals surface area contributed by atoms with E-state index in [-0.39, 0.29) is 6.04 Å². The van der Waals surface area contributed by atoms with Gasteiger partial charge in [-0.15, -0.1) is 0 Å². The van der Waals surface area contributed by atoms with Crippen LogP contribution in [-0.2, 0) is 13.0 Å². The fourth-order valence-electron chi connectivity index (χ4n) is 2.02. The second-order valence-corrected chi connectivity index (χ2v) is 6.65. The van der Waals surface area contributed by atoms with E-state index < -0.39 is 0 Å². The van der Waals surface area contributed by atoms with Crippen LogP contribution in [0.2, 0.25) is 10.0 Å². The summed E-state index contributed by atoms with van der Waals surface area (Å²) < 4.78 is 6.90. The van der Waals surface area contributed by atoms with Gasteiger partial charge in [0, 0.05) is 26.1 Å². The van der Waals surface area contributed by atoms with E-state index in [0.717, 1.165) is 27.8 Å². The number of hydrogen-bond acceptors (Lipinski definition) is 2. The molecule has 112 valence electrons. The molecule has 0 bridgehead atoms. The largest absolute Gasteiger partial charge is 0.489 e. The zero-order valence-corrected chi connectivity index (χ0v) is 14.7. The third-order valence-corrected chi connectivity index (χ3v) is 4.20. The van der Waals surface area contributed by atoms with Gasteiger partial charge in [0.25, 0.3) is 0 Å². The Kier molecular flexibility index (Phi) is 5.94. The third kappa shape index (κ3) is 4.62. The molecule has 21 heavy (non-hydrogen) atoms. The summed E-state index contributed by atoms with van der Waals surface area (Å²) in [7, 11) is 0. The van der Waals surface area contributed by atoms with Crippen LogP contribution < -0.4 is 10.5 Å². The molecule has 0 spiro atoms. The van der Waals surface area contributed by atoms with E-state index >= 15 is 0 Å². The second-order valence-electron chi connectivity index (χ2n) is 4.92. The van der Waals surface area contributed by atoms with E-state index in [1.807, 2.05) is 31.2 Å². The van der Waals surface area contributed by atoms with Crippen molar-refractivity contribution < 1.29 is 4.74 Å². The molecule has 0 saturated carbocycles. The van der Waals surface area contributed by atoms with Gasteiger partial charge in [-0.1, -0.05) is 45.2 Å². The van der Waals surface area contributed by atoms with E-state index in [1.165, 1.54) is 0 Å². The molecular weight excluding hydrogens is 373 g/mol. The maximum atomic E-state index is 6.15. The van der Waals surface area contributed by atoms with Crippen molar-refractivity contribution in [3.05, 3.63) is 62.0 Å². The number of halogens is 3. The molecule has 2 N–H and O–H groups in total. The van der Waals surface area contributed by atoms with Crippen LogP contribution in [-0.4, -0.2) is 6.04 Å². The highest BCUT2D eigenvalue weighted by molar-refractivity contribution is 9.10.